The predicted molar refractivity (Wildman–Crippen MR) is 80.1 cm³/mol. The lowest BCUT2D eigenvalue weighted by Gasteiger charge is -2.40. The zero-order valence-corrected chi connectivity index (χ0v) is 13.3. The molecule has 3 rings (SSSR count). The third-order valence-corrected chi connectivity index (χ3v) is 4.73. The van der Waals surface area contributed by atoms with Crippen molar-refractivity contribution in [2.24, 2.45) is 0 Å². The molecular weight excluding hydrogens is 358 g/mol. The van der Waals surface area contributed by atoms with Crippen LogP contribution in [0.3, 0.4) is 0 Å². The maximum Gasteiger partial charge on any atom is 0.121 e. The molecule has 1 aromatic rings. The van der Waals surface area contributed by atoms with Gasteiger partial charge in [0, 0.05) is 21.0 Å². The molecule has 98 valence electrons. The zero-order chi connectivity index (χ0) is 12.5. The summed E-state index contributed by atoms with van der Waals surface area (Å²) < 4.78 is 8.27. The van der Waals surface area contributed by atoms with Gasteiger partial charge in [0.05, 0.1) is 0 Å². The molecule has 2 aliphatic rings. The summed E-state index contributed by atoms with van der Waals surface area (Å²) in [4.78, 5) is 0. The molecule has 0 radical (unpaired) electrons. The molecule has 0 aromatic heterocycles. The molecule has 4 heteroatoms. The Labute approximate surface area is 125 Å². The summed E-state index contributed by atoms with van der Waals surface area (Å²) in [5.74, 6) is 0.959. The number of hydrogen-bond acceptors (Lipinski definition) is 2. The van der Waals surface area contributed by atoms with Crippen molar-refractivity contribution in [2.45, 2.75) is 50.3 Å². The lowest BCUT2D eigenvalue weighted by molar-refractivity contribution is 0.0926. The number of fused-ring (bicyclic) bond motifs is 2. The molecule has 2 aliphatic heterocycles. The van der Waals surface area contributed by atoms with Crippen molar-refractivity contribution in [2.75, 3.05) is 0 Å². The van der Waals surface area contributed by atoms with Gasteiger partial charge in [-0.3, -0.25) is 0 Å². The van der Waals surface area contributed by atoms with Crippen molar-refractivity contribution >= 4 is 31.9 Å². The first kappa shape index (κ1) is 12.9. The highest BCUT2D eigenvalue weighted by Gasteiger charge is 2.32. The monoisotopic (exact) mass is 373 g/mol. The van der Waals surface area contributed by atoms with Crippen molar-refractivity contribution in [3.8, 4) is 5.75 Å². The third-order valence-electron chi connectivity index (χ3n) is 3.81. The molecule has 2 nitrogen and oxygen atoms in total. The summed E-state index contributed by atoms with van der Waals surface area (Å²) in [7, 11) is 0. The summed E-state index contributed by atoms with van der Waals surface area (Å²) in [6, 6.07) is 7.45. The number of hydrogen-bond donors (Lipinski definition) is 1. The maximum absolute atomic E-state index is 6.15. The van der Waals surface area contributed by atoms with Gasteiger partial charge in [0.15, 0.2) is 0 Å². The molecule has 0 spiro atoms. The van der Waals surface area contributed by atoms with Crippen LogP contribution in [0, 0.1) is 0 Å². The summed E-state index contributed by atoms with van der Waals surface area (Å²) in [5.41, 5.74) is 0. The molecule has 3 atom stereocenters. The Bertz CT molecular complexity index is 406. The second-order valence-electron chi connectivity index (χ2n) is 5.31. The highest BCUT2D eigenvalue weighted by molar-refractivity contribution is 9.11. The van der Waals surface area contributed by atoms with Crippen LogP contribution in [-0.4, -0.2) is 18.2 Å². The molecular formula is C14H17Br2NO. The van der Waals surface area contributed by atoms with Crippen LogP contribution in [-0.2, 0) is 0 Å². The number of benzene rings is 1. The van der Waals surface area contributed by atoms with Gasteiger partial charge < -0.3 is 10.1 Å². The topological polar surface area (TPSA) is 21.3 Å². The van der Waals surface area contributed by atoms with Gasteiger partial charge >= 0.3 is 0 Å². The zero-order valence-electron chi connectivity index (χ0n) is 10.2. The van der Waals surface area contributed by atoms with Crippen LogP contribution in [0.5, 0.6) is 5.75 Å². The Kier molecular flexibility index (Phi) is 3.97. The van der Waals surface area contributed by atoms with E-state index in [1.54, 1.807) is 0 Å². The minimum Gasteiger partial charge on any atom is -0.490 e. The van der Waals surface area contributed by atoms with Gasteiger partial charge in [0.1, 0.15) is 11.9 Å². The first-order chi connectivity index (χ1) is 8.69. The highest BCUT2D eigenvalue weighted by Crippen LogP contribution is 2.31. The molecule has 2 saturated heterocycles. The molecule has 18 heavy (non-hydrogen) atoms. The average molecular weight is 375 g/mol. The van der Waals surface area contributed by atoms with Crippen LogP contribution < -0.4 is 10.1 Å². The second-order valence-corrected chi connectivity index (χ2v) is 7.14. The molecule has 0 amide bonds. The predicted octanol–water partition coefficient (Wildman–Crippen LogP) is 4.26. The van der Waals surface area contributed by atoms with Crippen LogP contribution in [0.4, 0.5) is 0 Å². The fourth-order valence-corrected chi connectivity index (χ4v) is 4.35. The maximum atomic E-state index is 6.15. The van der Waals surface area contributed by atoms with Crippen LogP contribution >= 0.6 is 31.9 Å². The Morgan fingerprint density at radius 3 is 2.22 bits per heavy atom. The highest BCUT2D eigenvalue weighted by atomic mass is 79.9. The van der Waals surface area contributed by atoms with E-state index in [4.69, 9.17) is 4.74 Å². The molecule has 2 bridgehead atoms. The van der Waals surface area contributed by atoms with E-state index in [-0.39, 0.29) is 0 Å². The van der Waals surface area contributed by atoms with Crippen molar-refractivity contribution in [3.05, 3.63) is 27.1 Å². The first-order valence-corrected chi connectivity index (χ1v) is 8.16. The number of rotatable bonds is 2. The molecule has 0 unspecified atom stereocenters. The van der Waals surface area contributed by atoms with E-state index in [1.807, 2.05) is 18.2 Å². The van der Waals surface area contributed by atoms with E-state index in [0.29, 0.717) is 18.2 Å². The number of halogens is 2. The summed E-state index contributed by atoms with van der Waals surface area (Å²) in [5, 5.41) is 3.69. The minimum atomic E-state index is 0.364. The lowest BCUT2D eigenvalue weighted by Crippen LogP contribution is -2.51. The molecule has 0 aliphatic carbocycles. The van der Waals surface area contributed by atoms with Crippen LogP contribution in [0.25, 0.3) is 0 Å². The third kappa shape index (κ3) is 3.09. The van der Waals surface area contributed by atoms with Crippen molar-refractivity contribution < 1.29 is 4.74 Å². The fraction of sp³-hybridized carbons (Fsp3) is 0.571. The van der Waals surface area contributed by atoms with Crippen molar-refractivity contribution in [1.29, 1.82) is 0 Å². The quantitative estimate of drug-likeness (QED) is 0.834. The molecule has 0 saturated carbocycles. The van der Waals surface area contributed by atoms with Crippen LogP contribution in [0.2, 0.25) is 0 Å². The number of ether oxygens (including phenoxy) is 1. The summed E-state index contributed by atoms with van der Waals surface area (Å²) >= 11 is 7.01. The van der Waals surface area contributed by atoms with E-state index < -0.39 is 0 Å². The molecule has 1 N–H and O–H groups in total. The van der Waals surface area contributed by atoms with Gasteiger partial charge in [-0.25, -0.2) is 0 Å². The fourth-order valence-electron chi connectivity index (χ4n) is 3.10. The van der Waals surface area contributed by atoms with Gasteiger partial charge in [-0.1, -0.05) is 38.3 Å². The lowest BCUT2D eigenvalue weighted by atomic mass is 9.85. The smallest absolute Gasteiger partial charge is 0.121 e. The molecule has 1 aromatic carbocycles. The standard InChI is InChI=1S/C14H17Br2NO/c15-9-4-10(16)6-13(5-9)18-14-7-11-2-1-3-12(8-14)17-11/h4-6,11-12,14,17H,1-3,7-8H2/t11-,12+,14-. The van der Waals surface area contributed by atoms with Crippen LogP contribution in [0.15, 0.2) is 27.1 Å². The van der Waals surface area contributed by atoms with E-state index in [1.165, 1.54) is 19.3 Å². The Hall–Kier alpha value is -0.0600. The number of nitrogens with one attached hydrogen (secondary N) is 1. The van der Waals surface area contributed by atoms with E-state index in [2.05, 4.69) is 37.2 Å². The second kappa shape index (κ2) is 5.51. The van der Waals surface area contributed by atoms with Gasteiger partial charge in [-0.15, -0.1) is 0 Å². The largest absolute Gasteiger partial charge is 0.490 e. The van der Waals surface area contributed by atoms with Gasteiger partial charge in [-0.05, 0) is 43.9 Å². The Morgan fingerprint density at radius 1 is 1.00 bits per heavy atom. The van der Waals surface area contributed by atoms with E-state index in [9.17, 15) is 0 Å². The Morgan fingerprint density at radius 2 is 1.61 bits per heavy atom. The molecule has 2 fully saturated rings. The number of piperidine rings is 2. The van der Waals surface area contributed by atoms with Gasteiger partial charge in [0.25, 0.3) is 0 Å². The van der Waals surface area contributed by atoms with Gasteiger partial charge in [-0.2, -0.15) is 0 Å². The average Bonchev–Trinajstić information content (AvgIpc) is 2.26. The summed E-state index contributed by atoms with van der Waals surface area (Å²) in [6.45, 7) is 0. The van der Waals surface area contributed by atoms with Gasteiger partial charge in [0.2, 0.25) is 0 Å². The van der Waals surface area contributed by atoms with Crippen molar-refractivity contribution in [3.63, 3.8) is 0 Å². The van der Waals surface area contributed by atoms with E-state index in [0.717, 1.165) is 27.5 Å². The Balaban J connectivity index is 1.68. The van der Waals surface area contributed by atoms with Crippen molar-refractivity contribution in [1.82, 2.24) is 5.32 Å². The van der Waals surface area contributed by atoms with E-state index >= 15 is 0 Å². The normalized spacial score (nSPS) is 31.1. The first-order valence-electron chi connectivity index (χ1n) is 6.58. The van der Waals surface area contributed by atoms with Crippen LogP contribution in [0.1, 0.15) is 32.1 Å². The minimum absolute atomic E-state index is 0.364. The molecule has 2 heterocycles. The summed E-state index contributed by atoms with van der Waals surface area (Å²) in [6.07, 6.45) is 6.62. The SMILES string of the molecule is Brc1cc(Br)cc(O[C@@H]2C[C@H]3CCC[C@@H](C2)N3)c1.